The number of rotatable bonds is 8. The highest BCUT2D eigenvalue weighted by atomic mass is 32.1. The van der Waals surface area contributed by atoms with Gasteiger partial charge in [-0.2, -0.15) is 0 Å². The summed E-state index contributed by atoms with van der Waals surface area (Å²) in [6.07, 6.45) is 0. The summed E-state index contributed by atoms with van der Waals surface area (Å²) >= 11 is 1.80. The van der Waals surface area contributed by atoms with Gasteiger partial charge in [0.15, 0.2) is 11.5 Å². The third kappa shape index (κ3) is 5.08. The van der Waals surface area contributed by atoms with Gasteiger partial charge in [-0.05, 0) is 42.1 Å². The van der Waals surface area contributed by atoms with Crippen molar-refractivity contribution in [1.82, 2.24) is 0 Å². The van der Waals surface area contributed by atoms with Gasteiger partial charge in [-0.15, -0.1) is 11.3 Å². The lowest BCUT2D eigenvalue weighted by atomic mass is 10.1. The van der Waals surface area contributed by atoms with Crippen LogP contribution in [-0.4, -0.2) is 7.11 Å². The number of ether oxygens (including phenoxy) is 2. The monoisotopic (exact) mass is 354 g/mol. The molecular weight excluding hydrogens is 330 g/mol. The van der Waals surface area contributed by atoms with E-state index in [1.54, 1.807) is 18.4 Å². The fourth-order valence-electron chi connectivity index (χ4n) is 2.73. The maximum Gasteiger partial charge on any atom is 0.161 e. The van der Waals surface area contributed by atoms with Crippen molar-refractivity contribution in [1.29, 1.82) is 0 Å². The van der Waals surface area contributed by atoms with Gasteiger partial charge in [0.1, 0.15) is 19.7 Å². The van der Waals surface area contributed by atoms with E-state index in [1.807, 2.05) is 6.07 Å². The minimum atomic E-state index is 0.544. The Bertz CT molecular complexity index is 799. The summed E-state index contributed by atoms with van der Waals surface area (Å²) in [5, 5.41) is 4.42. The van der Waals surface area contributed by atoms with Gasteiger partial charge < -0.3 is 14.8 Å². The second-order valence-corrected chi connectivity index (χ2v) is 7.07. The molecule has 0 saturated carbocycles. The van der Waals surface area contributed by atoms with E-state index in [0.717, 1.165) is 30.2 Å². The number of hydrogen-bond donors (Lipinski definition) is 1. The van der Waals surface area contributed by atoms with Crippen LogP contribution in [0.2, 0.25) is 0 Å². The second kappa shape index (κ2) is 8.70. The van der Waals surface area contributed by atoms with Crippen molar-refractivity contribution in [3.63, 3.8) is 0 Å². The Morgan fingerprint density at radius 3 is 2.60 bits per heavy atom. The number of hydrogen-bond acceptors (Lipinski definition) is 3. The quantitative estimate of drug-likeness (QED) is 0.666. The predicted molar refractivity (Wildman–Crippen MR) is 102 cm³/mol. The molecule has 3 rings (SSSR count). The molecular formula is C21H24NO2S+. The third-order valence-electron chi connectivity index (χ3n) is 4.01. The topological polar surface area (TPSA) is 35.1 Å². The van der Waals surface area contributed by atoms with E-state index in [9.17, 15) is 0 Å². The molecule has 0 aliphatic carbocycles. The Balaban J connectivity index is 1.59. The summed E-state index contributed by atoms with van der Waals surface area (Å²) in [7, 11) is 1.69. The summed E-state index contributed by atoms with van der Waals surface area (Å²) in [6.45, 7) is 4.56. The standard InChI is InChI=1S/C21H23NO2S/c1-16-5-3-6-18(11-16)15-24-20-9-8-17(12-21(20)23-2)13-22-14-19-7-4-10-25-19/h3-12,22H,13-15H2,1-2H3/p+1. The van der Waals surface area contributed by atoms with Gasteiger partial charge in [0.05, 0.1) is 12.0 Å². The zero-order valence-electron chi connectivity index (χ0n) is 14.7. The lowest BCUT2D eigenvalue weighted by Gasteiger charge is -2.12. The molecule has 130 valence electrons. The van der Waals surface area contributed by atoms with E-state index in [2.05, 4.69) is 66.2 Å². The largest absolute Gasteiger partial charge is 0.493 e. The summed E-state index contributed by atoms with van der Waals surface area (Å²) in [6, 6.07) is 18.8. The number of nitrogens with two attached hydrogens (primary N) is 1. The van der Waals surface area contributed by atoms with E-state index in [0.29, 0.717) is 6.61 Å². The van der Waals surface area contributed by atoms with Gasteiger partial charge in [0.2, 0.25) is 0 Å². The number of quaternary nitrogens is 1. The smallest absolute Gasteiger partial charge is 0.161 e. The number of benzene rings is 2. The third-order valence-corrected chi connectivity index (χ3v) is 4.91. The first-order chi connectivity index (χ1) is 12.2. The van der Waals surface area contributed by atoms with Crippen LogP contribution in [0.3, 0.4) is 0 Å². The highest BCUT2D eigenvalue weighted by Gasteiger charge is 2.08. The van der Waals surface area contributed by atoms with Crippen molar-refractivity contribution in [3.8, 4) is 11.5 Å². The van der Waals surface area contributed by atoms with E-state index >= 15 is 0 Å². The molecule has 0 bridgehead atoms. The van der Waals surface area contributed by atoms with Crippen LogP contribution in [0, 0.1) is 6.92 Å². The molecule has 1 heterocycles. The van der Waals surface area contributed by atoms with Gasteiger partial charge in [-0.1, -0.05) is 35.9 Å². The van der Waals surface area contributed by atoms with E-state index in [1.165, 1.54) is 16.0 Å². The fourth-order valence-corrected chi connectivity index (χ4v) is 3.43. The van der Waals surface area contributed by atoms with Crippen molar-refractivity contribution in [2.75, 3.05) is 7.11 Å². The molecule has 0 aliphatic heterocycles. The van der Waals surface area contributed by atoms with Crippen molar-refractivity contribution < 1.29 is 14.8 Å². The van der Waals surface area contributed by atoms with E-state index < -0.39 is 0 Å². The molecule has 0 radical (unpaired) electrons. The Morgan fingerprint density at radius 2 is 1.84 bits per heavy atom. The molecule has 2 N–H and O–H groups in total. The lowest BCUT2D eigenvalue weighted by Crippen LogP contribution is -2.80. The molecule has 0 spiro atoms. The molecule has 2 aromatic carbocycles. The highest BCUT2D eigenvalue weighted by molar-refractivity contribution is 7.09. The average Bonchev–Trinajstić information content (AvgIpc) is 3.14. The molecule has 0 fully saturated rings. The number of thiophene rings is 1. The van der Waals surface area contributed by atoms with Crippen molar-refractivity contribution in [2.24, 2.45) is 0 Å². The fraction of sp³-hybridized carbons (Fsp3) is 0.238. The molecule has 0 atom stereocenters. The molecule has 25 heavy (non-hydrogen) atoms. The predicted octanol–water partition coefficient (Wildman–Crippen LogP) is 3.91. The summed E-state index contributed by atoms with van der Waals surface area (Å²) < 4.78 is 11.5. The van der Waals surface area contributed by atoms with Gasteiger partial charge in [-0.3, -0.25) is 0 Å². The normalized spacial score (nSPS) is 10.6. The molecule has 0 aliphatic rings. The van der Waals surface area contributed by atoms with Crippen LogP contribution in [0.15, 0.2) is 60.0 Å². The van der Waals surface area contributed by atoms with E-state index in [4.69, 9.17) is 9.47 Å². The Labute approximate surface area is 153 Å². The Morgan fingerprint density at radius 1 is 0.920 bits per heavy atom. The van der Waals surface area contributed by atoms with Crippen molar-refractivity contribution in [2.45, 2.75) is 26.6 Å². The Kier molecular flexibility index (Phi) is 6.09. The zero-order chi connectivity index (χ0) is 17.5. The first kappa shape index (κ1) is 17.5. The lowest BCUT2D eigenvalue weighted by molar-refractivity contribution is -0.685. The van der Waals surface area contributed by atoms with Crippen LogP contribution in [-0.2, 0) is 19.7 Å². The molecule has 1 aromatic heterocycles. The average molecular weight is 354 g/mol. The van der Waals surface area contributed by atoms with Crippen molar-refractivity contribution in [3.05, 3.63) is 81.5 Å². The molecule has 0 unspecified atom stereocenters. The summed E-state index contributed by atoms with van der Waals surface area (Å²) in [4.78, 5) is 1.39. The van der Waals surface area contributed by atoms with Crippen LogP contribution in [0.1, 0.15) is 21.6 Å². The zero-order valence-corrected chi connectivity index (χ0v) is 15.5. The molecule has 4 heteroatoms. The second-order valence-electron chi connectivity index (χ2n) is 6.04. The minimum Gasteiger partial charge on any atom is -0.493 e. The first-order valence-corrected chi connectivity index (χ1v) is 9.32. The van der Waals surface area contributed by atoms with Gasteiger partial charge >= 0.3 is 0 Å². The first-order valence-electron chi connectivity index (χ1n) is 8.44. The van der Waals surface area contributed by atoms with Crippen LogP contribution < -0.4 is 14.8 Å². The molecule has 3 nitrogen and oxygen atoms in total. The molecule has 0 amide bonds. The maximum atomic E-state index is 5.95. The molecule has 0 saturated heterocycles. The van der Waals surface area contributed by atoms with Gasteiger partial charge in [0, 0.05) is 5.56 Å². The molecule has 3 aromatic rings. The van der Waals surface area contributed by atoms with Crippen LogP contribution in [0.4, 0.5) is 0 Å². The minimum absolute atomic E-state index is 0.544. The van der Waals surface area contributed by atoms with Gasteiger partial charge in [0.25, 0.3) is 0 Å². The van der Waals surface area contributed by atoms with Crippen molar-refractivity contribution >= 4 is 11.3 Å². The van der Waals surface area contributed by atoms with E-state index in [-0.39, 0.29) is 0 Å². The SMILES string of the molecule is COc1cc(C[NH2+]Cc2cccs2)ccc1OCc1cccc(C)c1. The highest BCUT2D eigenvalue weighted by Crippen LogP contribution is 2.28. The summed E-state index contributed by atoms with van der Waals surface area (Å²) in [5.74, 6) is 1.57. The number of aryl methyl sites for hydroxylation is 1. The van der Waals surface area contributed by atoms with Crippen LogP contribution >= 0.6 is 11.3 Å². The number of methoxy groups -OCH3 is 1. The van der Waals surface area contributed by atoms with Crippen LogP contribution in [0.5, 0.6) is 11.5 Å². The van der Waals surface area contributed by atoms with Gasteiger partial charge in [-0.25, -0.2) is 0 Å². The summed E-state index contributed by atoms with van der Waals surface area (Å²) in [5.41, 5.74) is 3.64. The Hall–Kier alpha value is -2.30. The maximum absolute atomic E-state index is 5.95. The van der Waals surface area contributed by atoms with Crippen LogP contribution in [0.25, 0.3) is 0 Å².